The molecule has 0 spiro atoms. The molecular weight excluding hydrogens is 264 g/mol. The van der Waals surface area contributed by atoms with Gasteiger partial charge in [-0.3, -0.25) is 4.79 Å². The van der Waals surface area contributed by atoms with Crippen LogP contribution in [0.4, 0.5) is 0 Å². The lowest BCUT2D eigenvalue weighted by molar-refractivity contribution is 0.0617. The van der Waals surface area contributed by atoms with Crippen LogP contribution in [0.15, 0.2) is 24.7 Å². The number of carbonyl (C=O) groups excluding carboxylic acids is 1. The molecule has 5 nitrogen and oxygen atoms in total. The van der Waals surface area contributed by atoms with Crippen LogP contribution in [0, 0.1) is 12.8 Å². The van der Waals surface area contributed by atoms with Crippen molar-refractivity contribution < 1.29 is 4.79 Å². The molecule has 1 N–H and O–H groups in total. The Morgan fingerprint density at radius 2 is 2.19 bits per heavy atom. The van der Waals surface area contributed by atoms with Crippen molar-refractivity contribution in [2.24, 2.45) is 5.92 Å². The number of nitrogens with one attached hydrogen (secondary N) is 1. The number of amides is 1. The standard InChI is InChI=1S/C16H20N4O/c1-11-2-7-20-10-14(17-8-15(11)20)16(21)18-13-9-19-5-3-12(13)4-6-19/h2,7-8,10,12-13H,3-6,9H2,1H3,(H,18,21)/t13-/m0/s1. The number of aryl methyl sites for hydroxylation is 1. The normalized spacial score (nSPS) is 28.0. The van der Waals surface area contributed by atoms with E-state index < -0.39 is 0 Å². The van der Waals surface area contributed by atoms with Crippen LogP contribution in [0.5, 0.6) is 0 Å². The van der Waals surface area contributed by atoms with Crippen molar-refractivity contribution in [3.8, 4) is 0 Å². The van der Waals surface area contributed by atoms with Gasteiger partial charge in [-0.25, -0.2) is 4.98 Å². The molecule has 3 aliphatic heterocycles. The number of nitrogens with zero attached hydrogens (tertiary/aromatic N) is 3. The maximum absolute atomic E-state index is 12.4. The molecule has 1 atom stereocenters. The lowest BCUT2D eigenvalue weighted by atomic mass is 9.84. The zero-order valence-corrected chi connectivity index (χ0v) is 12.2. The van der Waals surface area contributed by atoms with Crippen LogP contribution in [0.25, 0.3) is 5.52 Å². The van der Waals surface area contributed by atoms with Gasteiger partial charge in [-0.05, 0) is 50.4 Å². The molecule has 3 saturated heterocycles. The summed E-state index contributed by atoms with van der Waals surface area (Å²) in [5.74, 6) is 0.582. The van der Waals surface area contributed by atoms with Gasteiger partial charge in [0.1, 0.15) is 5.69 Å². The van der Waals surface area contributed by atoms with E-state index in [-0.39, 0.29) is 11.9 Å². The largest absolute Gasteiger partial charge is 0.346 e. The molecule has 2 bridgehead atoms. The fourth-order valence-electron chi connectivity index (χ4n) is 3.63. The Morgan fingerprint density at radius 3 is 2.90 bits per heavy atom. The molecule has 5 heteroatoms. The first-order valence-electron chi connectivity index (χ1n) is 7.67. The van der Waals surface area contributed by atoms with Gasteiger partial charge in [-0.1, -0.05) is 0 Å². The van der Waals surface area contributed by atoms with Gasteiger partial charge in [-0.2, -0.15) is 0 Å². The van der Waals surface area contributed by atoms with Gasteiger partial charge < -0.3 is 14.6 Å². The summed E-state index contributed by atoms with van der Waals surface area (Å²) < 4.78 is 1.97. The second-order valence-electron chi connectivity index (χ2n) is 6.28. The third kappa shape index (κ3) is 2.21. The number of carbonyl (C=O) groups is 1. The quantitative estimate of drug-likeness (QED) is 0.908. The van der Waals surface area contributed by atoms with Crippen LogP contribution in [-0.2, 0) is 0 Å². The Balaban J connectivity index is 1.53. The summed E-state index contributed by atoms with van der Waals surface area (Å²) in [4.78, 5) is 19.2. The lowest BCUT2D eigenvalue weighted by Gasteiger charge is -2.44. The van der Waals surface area contributed by atoms with Crippen molar-refractivity contribution in [2.45, 2.75) is 25.8 Å². The summed E-state index contributed by atoms with van der Waals surface area (Å²) in [6.07, 6.45) is 7.97. The second kappa shape index (κ2) is 4.84. The minimum atomic E-state index is -0.0537. The molecule has 2 aromatic rings. The SMILES string of the molecule is Cc1ccn2cc(C(=O)N[C@H]3CN4CCC3CC4)ncc12. The summed E-state index contributed by atoms with van der Waals surface area (Å²) in [6, 6.07) is 2.32. The van der Waals surface area contributed by atoms with Gasteiger partial charge in [0.15, 0.2) is 0 Å². The number of hydrogen-bond acceptors (Lipinski definition) is 3. The molecule has 21 heavy (non-hydrogen) atoms. The smallest absolute Gasteiger partial charge is 0.271 e. The molecule has 0 aromatic carbocycles. The molecule has 0 radical (unpaired) electrons. The minimum Gasteiger partial charge on any atom is -0.346 e. The van der Waals surface area contributed by atoms with E-state index in [9.17, 15) is 4.79 Å². The van der Waals surface area contributed by atoms with Gasteiger partial charge in [0.25, 0.3) is 5.91 Å². The van der Waals surface area contributed by atoms with Crippen LogP contribution in [0.2, 0.25) is 0 Å². The first-order valence-corrected chi connectivity index (χ1v) is 7.67. The number of fused-ring (bicyclic) bond motifs is 4. The summed E-state index contributed by atoms with van der Waals surface area (Å²) in [5, 5.41) is 3.18. The van der Waals surface area contributed by atoms with E-state index in [0.717, 1.165) is 12.1 Å². The zero-order chi connectivity index (χ0) is 14.4. The topological polar surface area (TPSA) is 49.6 Å². The Hall–Kier alpha value is -1.88. The fourth-order valence-corrected chi connectivity index (χ4v) is 3.63. The van der Waals surface area contributed by atoms with Gasteiger partial charge >= 0.3 is 0 Å². The molecule has 0 saturated carbocycles. The highest BCUT2D eigenvalue weighted by atomic mass is 16.2. The van der Waals surface area contributed by atoms with Gasteiger partial charge in [0, 0.05) is 25.0 Å². The average Bonchev–Trinajstić information content (AvgIpc) is 2.89. The first-order chi connectivity index (χ1) is 10.2. The van der Waals surface area contributed by atoms with Gasteiger partial charge in [0.05, 0.1) is 11.7 Å². The second-order valence-corrected chi connectivity index (χ2v) is 6.28. The van der Waals surface area contributed by atoms with E-state index in [2.05, 4.69) is 15.2 Å². The predicted octanol–water partition coefficient (Wildman–Crippen LogP) is 1.47. The van der Waals surface area contributed by atoms with Crippen LogP contribution >= 0.6 is 0 Å². The van der Waals surface area contributed by atoms with E-state index in [1.165, 1.54) is 31.5 Å². The highest BCUT2D eigenvalue weighted by molar-refractivity contribution is 5.92. The fraction of sp³-hybridized carbons (Fsp3) is 0.500. The van der Waals surface area contributed by atoms with E-state index in [1.54, 1.807) is 6.20 Å². The average molecular weight is 284 g/mol. The maximum Gasteiger partial charge on any atom is 0.271 e. The van der Waals surface area contributed by atoms with E-state index in [1.807, 2.05) is 29.8 Å². The number of rotatable bonds is 2. The molecule has 5 heterocycles. The molecule has 1 amide bonds. The third-order valence-corrected chi connectivity index (χ3v) is 4.96. The van der Waals surface area contributed by atoms with Crippen LogP contribution in [-0.4, -0.2) is 45.9 Å². The maximum atomic E-state index is 12.4. The Morgan fingerprint density at radius 1 is 1.38 bits per heavy atom. The predicted molar refractivity (Wildman–Crippen MR) is 80.3 cm³/mol. The zero-order valence-electron chi connectivity index (χ0n) is 12.2. The van der Waals surface area contributed by atoms with Crippen molar-refractivity contribution >= 4 is 11.4 Å². The molecule has 5 rings (SSSR count). The van der Waals surface area contributed by atoms with Crippen molar-refractivity contribution in [3.05, 3.63) is 35.9 Å². The Labute approximate surface area is 124 Å². The number of piperidine rings is 3. The van der Waals surface area contributed by atoms with Gasteiger partial charge in [0.2, 0.25) is 0 Å². The molecular formula is C16H20N4O. The molecule has 0 unspecified atom stereocenters. The highest BCUT2D eigenvalue weighted by Crippen LogP contribution is 2.27. The lowest BCUT2D eigenvalue weighted by Crippen LogP contribution is -2.57. The summed E-state index contributed by atoms with van der Waals surface area (Å²) in [7, 11) is 0. The van der Waals surface area contributed by atoms with E-state index in [4.69, 9.17) is 0 Å². The van der Waals surface area contributed by atoms with Crippen molar-refractivity contribution in [1.29, 1.82) is 0 Å². The van der Waals surface area contributed by atoms with Crippen LogP contribution in [0.1, 0.15) is 28.9 Å². The Bertz CT molecular complexity index is 685. The van der Waals surface area contributed by atoms with Crippen molar-refractivity contribution in [3.63, 3.8) is 0 Å². The molecule has 3 fully saturated rings. The third-order valence-electron chi connectivity index (χ3n) is 4.96. The molecule has 110 valence electrons. The van der Waals surface area contributed by atoms with Crippen molar-refractivity contribution in [2.75, 3.05) is 19.6 Å². The number of hydrogen-bond donors (Lipinski definition) is 1. The number of aromatic nitrogens is 2. The van der Waals surface area contributed by atoms with Crippen molar-refractivity contribution in [1.82, 2.24) is 19.6 Å². The highest BCUT2D eigenvalue weighted by Gasteiger charge is 2.35. The summed E-state index contributed by atoms with van der Waals surface area (Å²) >= 11 is 0. The molecule has 3 aliphatic rings. The minimum absolute atomic E-state index is 0.0537. The van der Waals surface area contributed by atoms with Crippen LogP contribution in [0.3, 0.4) is 0 Å². The Kier molecular flexibility index (Phi) is 2.96. The van der Waals surface area contributed by atoms with E-state index in [0.29, 0.717) is 11.6 Å². The first kappa shape index (κ1) is 12.8. The van der Waals surface area contributed by atoms with E-state index >= 15 is 0 Å². The summed E-state index contributed by atoms with van der Waals surface area (Å²) in [5.41, 5.74) is 2.72. The van der Waals surface area contributed by atoms with Gasteiger partial charge in [-0.15, -0.1) is 0 Å². The monoisotopic (exact) mass is 284 g/mol. The molecule has 0 aliphatic carbocycles. The van der Waals surface area contributed by atoms with Crippen LogP contribution < -0.4 is 5.32 Å². The molecule has 2 aromatic heterocycles. The summed E-state index contributed by atoms with van der Waals surface area (Å²) in [6.45, 7) is 5.40.